The molecule has 0 fully saturated rings. The first-order valence-corrected chi connectivity index (χ1v) is 5.28. The molecule has 0 amide bonds. The third-order valence-corrected chi connectivity index (χ3v) is 2.36. The van der Waals surface area contributed by atoms with Crippen molar-refractivity contribution in [1.82, 2.24) is 14.8 Å². The van der Waals surface area contributed by atoms with Crippen molar-refractivity contribution < 1.29 is 13.2 Å². The van der Waals surface area contributed by atoms with Crippen molar-refractivity contribution >= 4 is 0 Å². The largest absolute Gasteiger partial charge is 0.435 e. The lowest BCUT2D eigenvalue weighted by atomic mass is 10.2. The normalized spacial score (nSPS) is 11.8. The van der Waals surface area contributed by atoms with Crippen LogP contribution in [0.15, 0.2) is 30.7 Å². The van der Waals surface area contributed by atoms with Gasteiger partial charge in [-0.3, -0.25) is 4.98 Å². The molecule has 2 aromatic heterocycles. The molecule has 4 nitrogen and oxygen atoms in total. The fourth-order valence-electron chi connectivity index (χ4n) is 1.52. The SMILES string of the molecule is NCCc1cncc(-n2ccc(C(F)(F)F)n2)c1. The van der Waals surface area contributed by atoms with Crippen LogP contribution in [0.2, 0.25) is 0 Å². The number of hydrogen-bond donors (Lipinski definition) is 1. The minimum Gasteiger partial charge on any atom is -0.330 e. The van der Waals surface area contributed by atoms with Crippen molar-refractivity contribution in [2.45, 2.75) is 12.6 Å². The number of nitrogens with zero attached hydrogens (tertiary/aromatic N) is 3. The van der Waals surface area contributed by atoms with Crippen LogP contribution in [0.4, 0.5) is 13.2 Å². The van der Waals surface area contributed by atoms with Crippen LogP contribution in [0.5, 0.6) is 0 Å². The zero-order valence-corrected chi connectivity index (χ0v) is 9.35. The van der Waals surface area contributed by atoms with Crippen molar-refractivity contribution in [3.63, 3.8) is 0 Å². The maximum absolute atomic E-state index is 12.4. The summed E-state index contributed by atoms with van der Waals surface area (Å²) in [7, 11) is 0. The second-order valence-electron chi connectivity index (χ2n) is 3.73. The van der Waals surface area contributed by atoms with Gasteiger partial charge in [-0.15, -0.1) is 0 Å². The predicted molar refractivity (Wildman–Crippen MR) is 59.1 cm³/mol. The molecule has 0 aliphatic rings. The van der Waals surface area contributed by atoms with Crippen molar-refractivity contribution in [2.24, 2.45) is 5.73 Å². The van der Waals surface area contributed by atoms with E-state index < -0.39 is 11.9 Å². The molecule has 0 atom stereocenters. The van der Waals surface area contributed by atoms with E-state index in [-0.39, 0.29) is 0 Å². The van der Waals surface area contributed by atoms with Gasteiger partial charge >= 0.3 is 6.18 Å². The topological polar surface area (TPSA) is 56.7 Å². The molecule has 7 heteroatoms. The number of hydrogen-bond acceptors (Lipinski definition) is 3. The van der Waals surface area contributed by atoms with Crippen LogP contribution in [0.25, 0.3) is 5.69 Å². The summed E-state index contributed by atoms with van der Waals surface area (Å²) in [5.74, 6) is 0. The first-order chi connectivity index (χ1) is 8.50. The van der Waals surface area contributed by atoms with E-state index in [1.807, 2.05) is 0 Å². The Morgan fingerprint density at radius 2 is 2.06 bits per heavy atom. The summed E-state index contributed by atoms with van der Waals surface area (Å²) in [6.45, 7) is 0.456. The number of pyridine rings is 1. The van der Waals surface area contributed by atoms with Gasteiger partial charge in [0.25, 0.3) is 0 Å². The Hall–Kier alpha value is -1.89. The summed E-state index contributed by atoms with van der Waals surface area (Å²) in [5, 5.41) is 3.47. The molecule has 0 aliphatic carbocycles. The molecular weight excluding hydrogens is 245 g/mol. The fraction of sp³-hybridized carbons (Fsp3) is 0.273. The fourth-order valence-corrected chi connectivity index (χ4v) is 1.52. The van der Waals surface area contributed by atoms with Gasteiger partial charge < -0.3 is 5.73 Å². The average molecular weight is 256 g/mol. The summed E-state index contributed by atoms with van der Waals surface area (Å²) in [4.78, 5) is 3.95. The van der Waals surface area contributed by atoms with Crippen LogP contribution in [0, 0.1) is 0 Å². The summed E-state index contributed by atoms with van der Waals surface area (Å²) >= 11 is 0. The monoisotopic (exact) mass is 256 g/mol. The number of rotatable bonds is 3. The second kappa shape index (κ2) is 4.77. The summed E-state index contributed by atoms with van der Waals surface area (Å²) in [6.07, 6.45) is 0.519. The standard InChI is InChI=1S/C11H11F3N4/c12-11(13,14)10-2-4-18(17-10)9-5-8(1-3-15)6-16-7-9/h2,4-7H,1,3,15H2. The van der Waals surface area contributed by atoms with E-state index in [1.165, 1.54) is 12.4 Å². The number of halogens is 3. The molecule has 2 heterocycles. The quantitative estimate of drug-likeness (QED) is 0.910. The maximum atomic E-state index is 12.4. The molecule has 96 valence electrons. The molecule has 0 aliphatic heterocycles. The minimum absolute atomic E-state index is 0.456. The number of nitrogens with two attached hydrogens (primary N) is 1. The van der Waals surface area contributed by atoms with E-state index in [1.54, 1.807) is 12.3 Å². The summed E-state index contributed by atoms with van der Waals surface area (Å²) in [6, 6.07) is 2.64. The van der Waals surface area contributed by atoms with E-state index in [9.17, 15) is 13.2 Å². The van der Waals surface area contributed by atoms with Crippen LogP contribution in [0.3, 0.4) is 0 Å². The zero-order valence-electron chi connectivity index (χ0n) is 9.35. The van der Waals surface area contributed by atoms with Gasteiger partial charge in [-0.05, 0) is 30.7 Å². The van der Waals surface area contributed by atoms with Gasteiger partial charge in [-0.1, -0.05) is 0 Å². The Morgan fingerprint density at radius 1 is 1.28 bits per heavy atom. The van der Waals surface area contributed by atoms with E-state index in [0.29, 0.717) is 18.7 Å². The van der Waals surface area contributed by atoms with Crippen LogP contribution < -0.4 is 5.73 Å². The molecule has 2 rings (SSSR count). The van der Waals surface area contributed by atoms with Gasteiger partial charge in [0.1, 0.15) is 0 Å². The van der Waals surface area contributed by atoms with Gasteiger partial charge in [-0.2, -0.15) is 18.3 Å². The lowest BCUT2D eigenvalue weighted by Gasteiger charge is -2.04. The van der Waals surface area contributed by atoms with Gasteiger partial charge in [0.05, 0.1) is 11.9 Å². The van der Waals surface area contributed by atoms with E-state index in [4.69, 9.17) is 5.73 Å². The van der Waals surface area contributed by atoms with E-state index in [2.05, 4.69) is 10.1 Å². The molecule has 0 aromatic carbocycles. The minimum atomic E-state index is -4.44. The highest BCUT2D eigenvalue weighted by Crippen LogP contribution is 2.27. The number of alkyl halides is 3. The molecule has 2 aromatic rings. The average Bonchev–Trinajstić information content (AvgIpc) is 2.78. The first kappa shape index (κ1) is 12.6. The Balaban J connectivity index is 2.31. The molecule has 0 bridgehead atoms. The van der Waals surface area contributed by atoms with Crippen molar-refractivity contribution in [1.29, 1.82) is 0 Å². The van der Waals surface area contributed by atoms with Gasteiger partial charge in [0.15, 0.2) is 5.69 Å². The maximum Gasteiger partial charge on any atom is 0.435 e. The number of aromatic nitrogens is 3. The first-order valence-electron chi connectivity index (χ1n) is 5.28. The zero-order chi connectivity index (χ0) is 13.2. The van der Waals surface area contributed by atoms with Crippen LogP contribution in [-0.2, 0) is 12.6 Å². The third-order valence-electron chi connectivity index (χ3n) is 2.36. The highest BCUT2D eigenvalue weighted by atomic mass is 19.4. The predicted octanol–water partition coefficient (Wildman–Crippen LogP) is 1.79. The molecule has 0 unspecified atom stereocenters. The van der Waals surface area contributed by atoms with Crippen molar-refractivity contribution in [2.75, 3.05) is 6.54 Å². The molecule has 0 saturated heterocycles. The Kier molecular flexibility index (Phi) is 3.33. The van der Waals surface area contributed by atoms with E-state index in [0.717, 1.165) is 16.3 Å². The van der Waals surface area contributed by atoms with Gasteiger partial charge in [0.2, 0.25) is 0 Å². The van der Waals surface area contributed by atoms with Crippen molar-refractivity contribution in [3.05, 3.63) is 42.0 Å². The summed E-state index contributed by atoms with van der Waals surface area (Å²) in [5.41, 5.74) is 5.83. The Labute approximate surface area is 101 Å². The smallest absolute Gasteiger partial charge is 0.330 e. The highest BCUT2D eigenvalue weighted by molar-refractivity contribution is 5.32. The van der Waals surface area contributed by atoms with Gasteiger partial charge in [-0.25, -0.2) is 4.68 Å². The summed E-state index contributed by atoms with van der Waals surface area (Å²) < 4.78 is 38.4. The van der Waals surface area contributed by atoms with Crippen LogP contribution in [0.1, 0.15) is 11.3 Å². The lowest BCUT2D eigenvalue weighted by Crippen LogP contribution is -2.08. The van der Waals surface area contributed by atoms with Gasteiger partial charge in [0, 0.05) is 12.4 Å². The highest BCUT2D eigenvalue weighted by Gasteiger charge is 2.33. The lowest BCUT2D eigenvalue weighted by molar-refractivity contribution is -0.141. The van der Waals surface area contributed by atoms with Crippen LogP contribution in [-0.4, -0.2) is 21.3 Å². The molecule has 18 heavy (non-hydrogen) atoms. The Bertz CT molecular complexity index is 533. The third kappa shape index (κ3) is 2.67. The molecule has 0 saturated carbocycles. The van der Waals surface area contributed by atoms with E-state index >= 15 is 0 Å². The molecule has 0 spiro atoms. The van der Waals surface area contributed by atoms with Crippen LogP contribution >= 0.6 is 0 Å². The molecular formula is C11H11F3N4. The molecule has 2 N–H and O–H groups in total. The van der Waals surface area contributed by atoms with Crippen molar-refractivity contribution in [3.8, 4) is 5.69 Å². The second-order valence-corrected chi connectivity index (χ2v) is 3.73. The Morgan fingerprint density at radius 3 is 2.67 bits per heavy atom. The molecule has 0 radical (unpaired) electrons.